The molecule has 0 spiro atoms. The Bertz CT molecular complexity index is 2410. The standard InChI is InChI=1S/C39H26N4S2/c1-3-14-27(15-4-1)45(28-16-5-2-6-17-28,36-25-13-21-32-31-20-9-12-24-35(31)44-37(32)36)39-41-26-40-38(42-39)43-33-22-10-7-18-29(33)30-19-8-11-23-34(30)43/h1-26H. The maximum atomic E-state index is 5.46. The highest BCUT2D eigenvalue weighted by Crippen LogP contribution is 2.74. The fraction of sp³-hybridized carbons (Fsp3) is 0. The Hall–Kier alpha value is -5.30. The fourth-order valence-electron chi connectivity index (χ4n) is 6.58. The highest BCUT2D eigenvalue weighted by atomic mass is 32.3. The molecule has 0 saturated heterocycles. The van der Waals surface area contributed by atoms with E-state index < -0.39 is 10.0 Å². The molecular weight excluding hydrogens is 589 g/mol. The minimum atomic E-state index is -2.17. The van der Waals surface area contributed by atoms with Gasteiger partial charge in [0.2, 0.25) is 5.95 Å². The van der Waals surface area contributed by atoms with Gasteiger partial charge in [0.05, 0.1) is 11.0 Å². The van der Waals surface area contributed by atoms with Gasteiger partial charge >= 0.3 is 0 Å². The van der Waals surface area contributed by atoms with Gasteiger partial charge in [-0.1, -0.05) is 113 Å². The van der Waals surface area contributed by atoms with Crippen molar-refractivity contribution in [1.29, 1.82) is 0 Å². The molecule has 0 saturated carbocycles. The number of hydrogen-bond acceptors (Lipinski definition) is 4. The second-order valence-electron chi connectivity index (χ2n) is 10.9. The summed E-state index contributed by atoms with van der Waals surface area (Å²) in [5.74, 6) is 0.615. The van der Waals surface area contributed by atoms with E-state index in [0.29, 0.717) is 5.95 Å². The van der Waals surface area contributed by atoms with E-state index in [2.05, 4.69) is 156 Å². The van der Waals surface area contributed by atoms with Crippen molar-refractivity contribution in [2.24, 2.45) is 0 Å². The van der Waals surface area contributed by atoms with Crippen molar-refractivity contribution < 1.29 is 0 Å². The van der Waals surface area contributed by atoms with E-state index in [-0.39, 0.29) is 0 Å². The third-order valence-corrected chi connectivity index (χ3v) is 13.5. The quantitative estimate of drug-likeness (QED) is 0.194. The maximum absolute atomic E-state index is 5.46. The van der Waals surface area contributed by atoms with Crippen LogP contribution in [0, 0.1) is 0 Å². The molecule has 6 aromatic carbocycles. The van der Waals surface area contributed by atoms with E-state index in [9.17, 15) is 0 Å². The Kier molecular flexibility index (Phi) is 6.04. The summed E-state index contributed by atoms with van der Waals surface area (Å²) in [6.45, 7) is 0. The van der Waals surface area contributed by atoms with Crippen LogP contribution in [0.3, 0.4) is 0 Å². The third kappa shape index (κ3) is 3.89. The van der Waals surface area contributed by atoms with Crippen molar-refractivity contribution in [2.45, 2.75) is 19.8 Å². The summed E-state index contributed by atoms with van der Waals surface area (Å²) in [4.78, 5) is 19.0. The molecule has 0 N–H and O–H groups in total. The molecule has 9 aromatic rings. The predicted octanol–water partition coefficient (Wildman–Crippen LogP) is 10.7. The Morgan fingerprint density at radius 3 is 1.71 bits per heavy atom. The molecule has 3 heterocycles. The van der Waals surface area contributed by atoms with Gasteiger partial charge in [-0.25, -0.2) is 9.97 Å². The molecule has 0 amide bonds. The van der Waals surface area contributed by atoms with E-state index in [1.54, 1.807) is 6.33 Å². The number of thiophene rings is 1. The summed E-state index contributed by atoms with van der Waals surface area (Å²) in [6.07, 6.45) is 1.69. The second kappa shape index (κ2) is 10.4. The van der Waals surface area contributed by atoms with Crippen LogP contribution in [-0.2, 0) is 0 Å². The summed E-state index contributed by atoms with van der Waals surface area (Å²) in [6, 6.07) is 54.0. The van der Waals surface area contributed by atoms with Crippen molar-refractivity contribution >= 4 is 63.3 Å². The van der Waals surface area contributed by atoms with Crippen molar-refractivity contribution in [3.63, 3.8) is 0 Å². The number of nitrogens with zero attached hydrogens (tertiary/aromatic N) is 4. The molecule has 0 fully saturated rings. The lowest BCUT2D eigenvalue weighted by molar-refractivity contribution is 0.836. The van der Waals surface area contributed by atoms with E-state index in [4.69, 9.17) is 15.0 Å². The number of para-hydroxylation sites is 2. The highest BCUT2D eigenvalue weighted by Gasteiger charge is 2.38. The normalized spacial score (nSPS) is 12.4. The molecule has 214 valence electrons. The zero-order valence-corrected chi connectivity index (χ0v) is 25.7. The van der Waals surface area contributed by atoms with Crippen LogP contribution in [0.1, 0.15) is 0 Å². The van der Waals surface area contributed by atoms with Crippen LogP contribution in [0.15, 0.2) is 178 Å². The molecule has 0 radical (unpaired) electrons. The fourth-order valence-corrected chi connectivity index (χ4v) is 11.8. The van der Waals surface area contributed by atoms with Crippen LogP contribution in [0.4, 0.5) is 0 Å². The minimum absolute atomic E-state index is 0.615. The number of hydrogen-bond donors (Lipinski definition) is 0. The second-order valence-corrected chi connectivity index (χ2v) is 14.9. The van der Waals surface area contributed by atoms with E-state index in [0.717, 1.165) is 16.2 Å². The Labute approximate surface area is 265 Å². The van der Waals surface area contributed by atoms with Gasteiger partial charge in [-0.3, -0.25) is 4.57 Å². The summed E-state index contributed by atoms with van der Waals surface area (Å²) in [5, 5.41) is 5.64. The molecule has 45 heavy (non-hydrogen) atoms. The molecular formula is C39H26N4S2. The van der Waals surface area contributed by atoms with E-state index in [1.165, 1.54) is 45.6 Å². The minimum Gasteiger partial charge on any atom is -0.278 e. The van der Waals surface area contributed by atoms with Gasteiger partial charge in [0.15, 0.2) is 5.16 Å². The van der Waals surface area contributed by atoms with Crippen LogP contribution >= 0.6 is 21.4 Å². The van der Waals surface area contributed by atoms with Crippen molar-refractivity contribution in [3.8, 4) is 5.95 Å². The van der Waals surface area contributed by atoms with Gasteiger partial charge in [-0.15, -0.1) is 11.3 Å². The molecule has 0 aliphatic heterocycles. The van der Waals surface area contributed by atoms with Crippen molar-refractivity contribution in [2.75, 3.05) is 0 Å². The lowest BCUT2D eigenvalue weighted by Crippen LogP contribution is -2.12. The number of benzene rings is 6. The summed E-state index contributed by atoms with van der Waals surface area (Å²) >= 11 is 1.85. The van der Waals surface area contributed by atoms with Gasteiger partial charge in [0.25, 0.3) is 0 Å². The predicted molar refractivity (Wildman–Crippen MR) is 187 cm³/mol. The smallest absolute Gasteiger partial charge is 0.238 e. The first-order valence-electron chi connectivity index (χ1n) is 14.9. The first-order chi connectivity index (χ1) is 22.3. The number of fused-ring (bicyclic) bond motifs is 6. The Morgan fingerprint density at radius 2 is 1.04 bits per heavy atom. The van der Waals surface area contributed by atoms with Gasteiger partial charge in [0.1, 0.15) is 6.33 Å². The van der Waals surface area contributed by atoms with Gasteiger partial charge in [-0.05, 0) is 48.5 Å². The van der Waals surface area contributed by atoms with Crippen molar-refractivity contribution in [1.82, 2.24) is 19.5 Å². The maximum Gasteiger partial charge on any atom is 0.238 e. The Balaban J connectivity index is 1.42. The monoisotopic (exact) mass is 614 g/mol. The van der Waals surface area contributed by atoms with Crippen LogP contribution < -0.4 is 0 Å². The lowest BCUT2D eigenvalue weighted by atomic mass is 10.1. The average molecular weight is 615 g/mol. The first-order valence-corrected chi connectivity index (χ1v) is 17.3. The molecule has 0 unspecified atom stereocenters. The molecule has 9 rings (SSSR count). The van der Waals surface area contributed by atoms with Crippen LogP contribution in [0.25, 0.3) is 47.9 Å². The molecule has 3 aromatic heterocycles. The Morgan fingerprint density at radius 1 is 0.489 bits per heavy atom. The van der Waals surface area contributed by atoms with Gasteiger partial charge < -0.3 is 0 Å². The molecule has 4 nitrogen and oxygen atoms in total. The van der Waals surface area contributed by atoms with Gasteiger partial charge in [-0.2, -0.15) is 4.98 Å². The van der Waals surface area contributed by atoms with Crippen LogP contribution in [0.5, 0.6) is 0 Å². The molecule has 0 aliphatic carbocycles. The highest BCUT2D eigenvalue weighted by molar-refractivity contribution is 8.34. The first kappa shape index (κ1) is 26.1. The molecule has 0 bridgehead atoms. The summed E-state index contributed by atoms with van der Waals surface area (Å²) in [7, 11) is -2.17. The molecule has 6 heteroatoms. The summed E-state index contributed by atoms with van der Waals surface area (Å²) in [5.41, 5.74) is 2.14. The lowest BCUT2D eigenvalue weighted by Gasteiger charge is -2.39. The van der Waals surface area contributed by atoms with E-state index >= 15 is 0 Å². The number of rotatable bonds is 5. The SMILES string of the molecule is c1ccc(S(c2ccccc2)(c2ncnc(-n3c4ccccc4c4ccccc43)n2)c2cccc3c2sc2ccccc23)cc1. The topological polar surface area (TPSA) is 43.6 Å². The zero-order chi connectivity index (χ0) is 29.8. The van der Waals surface area contributed by atoms with E-state index in [1.807, 2.05) is 11.3 Å². The summed E-state index contributed by atoms with van der Waals surface area (Å²) < 4.78 is 4.71. The van der Waals surface area contributed by atoms with Crippen LogP contribution in [0.2, 0.25) is 0 Å². The molecule has 0 aliphatic rings. The zero-order valence-electron chi connectivity index (χ0n) is 24.1. The number of aromatic nitrogens is 4. The van der Waals surface area contributed by atoms with Crippen molar-refractivity contribution in [3.05, 3.63) is 158 Å². The van der Waals surface area contributed by atoms with Gasteiger partial charge in [0, 0.05) is 45.6 Å². The molecule has 0 atom stereocenters. The average Bonchev–Trinajstić information content (AvgIpc) is 3.66. The van der Waals surface area contributed by atoms with Crippen LogP contribution in [-0.4, -0.2) is 19.5 Å². The largest absolute Gasteiger partial charge is 0.278 e. The third-order valence-electron chi connectivity index (χ3n) is 8.48.